The van der Waals surface area contributed by atoms with Crippen molar-refractivity contribution in [2.75, 3.05) is 37.0 Å². The van der Waals surface area contributed by atoms with Crippen molar-refractivity contribution in [3.8, 4) is 5.88 Å². The van der Waals surface area contributed by atoms with Gasteiger partial charge in [-0.2, -0.15) is 0 Å². The zero-order valence-electron chi connectivity index (χ0n) is 17.0. The molecule has 1 spiro atoms. The molecule has 0 saturated carbocycles. The Morgan fingerprint density at radius 1 is 1.23 bits per heavy atom. The maximum Gasteiger partial charge on any atom is 0.328 e. The van der Waals surface area contributed by atoms with Crippen LogP contribution in [0.1, 0.15) is 18.9 Å². The van der Waals surface area contributed by atoms with Gasteiger partial charge in [-0.25, -0.2) is 19.2 Å². The van der Waals surface area contributed by atoms with E-state index in [1.54, 1.807) is 28.0 Å². The highest BCUT2D eigenvalue weighted by Crippen LogP contribution is 2.47. The third kappa shape index (κ3) is 3.27. The molecule has 1 N–H and O–H groups in total. The monoisotopic (exact) mass is 441 g/mol. The predicted molar refractivity (Wildman–Crippen MR) is 115 cm³/mol. The molecule has 1 saturated heterocycles. The number of fused-ring (bicyclic) bond motifs is 3. The van der Waals surface area contributed by atoms with Gasteiger partial charge < -0.3 is 9.64 Å². The molecule has 1 atom stereocenters. The lowest BCUT2D eigenvalue weighted by atomic mass is 9.81. The molecule has 10 heteroatoms. The fraction of sp³-hybridized carbons (Fsp3) is 0.333. The van der Waals surface area contributed by atoms with Crippen molar-refractivity contribution in [3.63, 3.8) is 0 Å². The number of carbonyl (C=O) groups excluding carboxylic acids is 2. The summed E-state index contributed by atoms with van der Waals surface area (Å²) in [7, 11) is 1.54. The fourth-order valence-electron chi connectivity index (χ4n) is 4.44. The number of hydrogen-bond acceptors (Lipinski definition) is 6. The minimum absolute atomic E-state index is 0.0184. The molecule has 2 aromatic heterocycles. The van der Waals surface area contributed by atoms with Crippen molar-refractivity contribution in [2.45, 2.75) is 18.8 Å². The van der Waals surface area contributed by atoms with Crippen LogP contribution < -0.4 is 15.0 Å². The molecule has 0 radical (unpaired) electrons. The second kappa shape index (κ2) is 7.16. The topological polar surface area (TPSA) is 87.7 Å². The number of nitrogens with one attached hydrogen (secondary N) is 1. The lowest BCUT2D eigenvalue weighted by Gasteiger charge is -2.25. The van der Waals surface area contributed by atoms with E-state index in [4.69, 9.17) is 4.74 Å². The maximum atomic E-state index is 14.1. The Morgan fingerprint density at radius 2 is 2.06 bits per heavy atom. The molecular formula is C21H20FN5O3S. The molecule has 4 heterocycles. The first kappa shape index (κ1) is 19.7. The van der Waals surface area contributed by atoms with Gasteiger partial charge >= 0.3 is 6.03 Å². The van der Waals surface area contributed by atoms with E-state index in [0.29, 0.717) is 53.1 Å². The second-order valence-electron chi connectivity index (χ2n) is 7.85. The van der Waals surface area contributed by atoms with Gasteiger partial charge in [0.05, 0.1) is 7.11 Å². The lowest BCUT2D eigenvalue weighted by molar-refractivity contribution is -0.127. The van der Waals surface area contributed by atoms with Gasteiger partial charge in [0.15, 0.2) is 5.13 Å². The Morgan fingerprint density at radius 3 is 2.81 bits per heavy atom. The normalized spacial score (nSPS) is 19.8. The van der Waals surface area contributed by atoms with Gasteiger partial charge in [0.2, 0.25) is 11.8 Å². The van der Waals surface area contributed by atoms with Crippen LogP contribution >= 0.6 is 11.3 Å². The first-order valence-electron chi connectivity index (χ1n) is 9.84. The van der Waals surface area contributed by atoms with Gasteiger partial charge in [0.1, 0.15) is 16.2 Å². The van der Waals surface area contributed by atoms with Crippen LogP contribution in [0.15, 0.2) is 30.3 Å². The molecule has 2 aliphatic heterocycles. The largest absolute Gasteiger partial charge is 0.481 e. The minimum Gasteiger partial charge on any atom is -0.481 e. The van der Waals surface area contributed by atoms with Crippen molar-refractivity contribution < 1.29 is 18.7 Å². The number of hydrogen-bond donors (Lipinski definition) is 1. The van der Waals surface area contributed by atoms with Crippen molar-refractivity contribution in [1.29, 1.82) is 0 Å². The van der Waals surface area contributed by atoms with Crippen LogP contribution in [0.2, 0.25) is 0 Å². The molecule has 0 aliphatic carbocycles. The molecule has 8 nitrogen and oxygen atoms in total. The van der Waals surface area contributed by atoms with Crippen LogP contribution in [-0.2, 0) is 10.2 Å². The highest BCUT2D eigenvalue weighted by molar-refractivity contribution is 7.22. The highest BCUT2D eigenvalue weighted by Gasteiger charge is 2.49. The van der Waals surface area contributed by atoms with Crippen LogP contribution in [0.25, 0.3) is 10.3 Å². The minimum atomic E-state index is -0.469. The van der Waals surface area contributed by atoms with Gasteiger partial charge in [-0.15, -0.1) is 0 Å². The molecule has 5 rings (SSSR count). The number of likely N-dealkylation sites (tertiary alicyclic amines) is 1. The van der Waals surface area contributed by atoms with E-state index in [1.807, 2.05) is 0 Å². The Balaban J connectivity index is 1.44. The van der Waals surface area contributed by atoms with Gasteiger partial charge in [0, 0.05) is 43.7 Å². The van der Waals surface area contributed by atoms with Crippen LogP contribution in [0.3, 0.4) is 0 Å². The summed E-state index contributed by atoms with van der Waals surface area (Å²) in [6.45, 7) is 2.96. The summed E-state index contributed by atoms with van der Waals surface area (Å²) in [5.74, 6) is 0.103. The molecule has 3 aromatic rings. The summed E-state index contributed by atoms with van der Waals surface area (Å²) in [5.41, 5.74) is 1.62. The lowest BCUT2D eigenvalue weighted by Crippen LogP contribution is -2.41. The standard InChI is InChI=1S/C21H20FN5O3S/c1-12(28)26-8-7-21(10-26)11-27(16-5-3-13(22)9-14(16)21)20(29)25-19-23-15-4-6-17(30-2)24-18(15)31-19/h3-6,9H,7-8,10-11H2,1-2H3,(H,23,25,29). The van der Waals surface area contributed by atoms with Crippen molar-refractivity contribution in [1.82, 2.24) is 14.9 Å². The van der Waals surface area contributed by atoms with E-state index in [1.165, 1.54) is 37.5 Å². The number of ether oxygens (including phenoxy) is 1. The number of aromatic nitrogens is 2. The average molecular weight is 441 g/mol. The molecule has 160 valence electrons. The quantitative estimate of drug-likeness (QED) is 0.659. The number of urea groups is 1. The molecule has 2 aliphatic rings. The van der Waals surface area contributed by atoms with Crippen LogP contribution in [0, 0.1) is 5.82 Å². The van der Waals surface area contributed by atoms with Crippen LogP contribution in [0.5, 0.6) is 5.88 Å². The maximum absolute atomic E-state index is 14.1. The van der Waals surface area contributed by atoms with Gasteiger partial charge in [-0.3, -0.25) is 15.0 Å². The predicted octanol–water partition coefficient (Wildman–Crippen LogP) is 3.38. The third-order valence-corrected chi connectivity index (χ3v) is 6.86. The first-order valence-corrected chi connectivity index (χ1v) is 10.7. The Kier molecular flexibility index (Phi) is 4.54. The van der Waals surface area contributed by atoms with E-state index in [-0.39, 0.29) is 17.8 Å². The number of anilines is 2. The van der Waals surface area contributed by atoms with Crippen molar-refractivity contribution in [3.05, 3.63) is 41.7 Å². The number of amides is 3. The number of nitrogens with zero attached hydrogens (tertiary/aromatic N) is 4. The Bertz CT molecular complexity index is 1210. The van der Waals surface area contributed by atoms with Crippen LogP contribution in [0.4, 0.5) is 20.0 Å². The molecule has 0 bridgehead atoms. The summed E-state index contributed by atoms with van der Waals surface area (Å²) < 4.78 is 19.2. The molecule has 3 amide bonds. The van der Waals surface area contributed by atoms with E-state index in [0.717, 1.165) is 5.56 Å². The number of benzene rings is 1. The summed E-state index contributed by atoms with van der Waals surface area (Å²) in [6.07, 6.45) is 0.678. The number of methoxy groups -OCH3 is 1. The van der Waals surface area contributed by atoms with Gasteiger partial charge in [0.25, 0.3) is 0 Å². The van der Waals surface area contributed by atoms with E-state index >= 15 is 0 Å². The van der Waals surface area contributed by atoms with E-state index in [9.17, 15) is 14.0 Å². The number of carbonyl (C=O) groups is 2. The summed E-state index contributed by atoms with van der Waals surface area (Å²) >= 11 is 1.25. The summed E-state index contributed by atoms with van der Waals surface area (Å²) in [6, 6.07) is 7.61. The van der Waals surface area contributed by atoms with E-state index < -0.39 is 5.41 Å². The smallest absolute Gasteiger partial charge is 0.328 e. The Labute approximate surface area is 181 Å². The Hall–Kier alpha value is -3.27. The van der Waals surface area contributed by atoms with E-state index in [2.05, 4.69) is 15.3 Å². The van der Waals surface area contributed by atoms with Gasteiger partial charge in [-0.1, -0.05) is 11.3 Å². The van der Waals surface area contributed by atoms with Crippen molar-refractivity contribution >= 4 is 44.4 Å². The highest BCUT2D eigenvalue weighted by atomic mass is 32.1. The molecule has 1 unspecified atom stereocenters. The third-order valence-electron chi connectivity index (χ3n) is 5.98. The zero-order chi connectivity index (χ0) is 21.8. The molecule has 31 heavy (non-hydrogen) atoms. The number of halogens is 1. The molecular weight excluding hydrogens is 421 g/mol. The molecule has 1 aromatic carbocycles. The van der Waals surface area contributed by atoms with Crippen molar-refractivity contribution in [2.24, 2.45) is 0 Å². The zero-order valence-corrected chi connectivity index (χ0v) is 17.8. The first-order chi connectivity index (χ1) is 14.9. The summed E-state index contributed by atoms with van der Waals surface area (Å²) in [5, 5.41) is 3.26. The van der Waals surface area contributed by atoms with Gasteiger partial charge in [-0.05, 0) is 36.2 Å². The fourth-order valence-corrected chi connectivity index (χ4v) is 5.26. The number of thiazole rings is 1. The number of pyridine rings is 1. The summed E-state index contributed by atoms with van der Waals surface area (Å²) in [4.78, 5) is 37.8. The average Bonchev–Trinajstić information content (AvgIpc) is 3.43. The SMILES string of the molecule is COc1ccc2nc(NC(=O)N3CC4(CCN(C(C)=O)C4)c4cc(F)ccc43)sc2n1. The number of rotatable bonds is 2. The molecule has 1 fully saturated rings. The van der Waals surface area contributed by atoms with Crippen LogP contribution in [-0.4, -0.2) is 53.6 Å². The second-order valence-corrected chi connectivity index (χ2v) is 8.82.